The number of carbonyl (C=O) groups excluding carboxylic acids is 1. The van der Waals surface area contributed by atoms with E-state index >= 15 is 0 Å². The summed E-state index contributed by atoms with van der Waals surface area (Å²) in [4.78, 5) is 26.6. The van der Waals surface area contributed by atoms with E-state index in [-0.39, 0.29) is 19.0 Å². The lowest BCUT2D eigenvalue weighted by molar-refractivity contribution is -0.141. The quantitative estimate of drug-likeness (QED) is 0.653. The highest BCUT2D eigenvalue weighted by Crippen LogP contribution is 2.19. The Labute approximate surface area is 118 Å². The molecule has 2 atom stereocenters. The number of rotatable bonds is 3. The molecular weight excluding hydrogens is 262 g/mol. The van der Waals surface area contributed by atoms with E-state index in [4.69, 9.17) is 5.11 Å². The molecule has 0 spiro atoms. The molecule has 0 unspecified atom stereocenters. The first-order valence-electron chi connectivity index (χ1n) is 7.11. The predicted octanol–water partition coefficient (Wildman–Crippen LogP) is -0.442. The van der Waals surface area contributed by atoms with Crippen LogP contribution in [0.25, 0.3) is 0 Å². The number of piperidine rings is 1. The monoisotopic (exact) mass is 285 g/mol. The normalized spacial score (nSPS) is 28.6. The van der Waals surface area contributed by atoms with Gasteiger partial charge in [0.15, 0.2) is 0 Å². The van der Waals surface area contributed by atoms with Gasteiger partial charge in [-0.3, -0.25) is 0 Å². The molecule has 7 nitrogen and oxygen atoms in total. The number of aliphatic carboxylic acids is 1. The second kappa shape index (κ2) is 6.41. The van der Waals surface area contributed by atoms with Crippen molar-refractivity contribution in [2.45, 2.75) is 31.4 Å². The molecule has 0 aromatic carbocycles. The molecule has 114 valence electrons. The van der Waals surface area contributed by atoms with Gasteiger partial charge in [-0.25, -0.2) is 9.59 Å². The summed E-state index contributed by atoms with van der Waals surface area (Å²) in [7, 11) is 2.08. The summed E-state index contributed by atoms with van der Waals surface area (Å²) < 4.78 is 0. The number of nitrogens with zero attached hydrogens (tertiary/aromatic N) is 2. The first-order valence-corrected chi connectivity index (χ1v) is 7.11. The van der Waals surface area contributed by atoms with Crippen molar-refractivity contribution in [3.05, 3.63) is 0 Å². The van der Waals surface area contributed by atoms with Gasteiger partial charge >= 0.3 is 12.0 Å². The Morgan fingerprint density at radius 3 is 2.55 bits per heavy atom. The molecule has 0 radical (unpaired) electrons. The van der Waals surface area contributed by atoms with Gasteiger partial charge in [-0.1, -0.05) is 0 Å². The second-order valence-corrected chi connectivity index (χ2v) is 5.83. The molecule has 2 saturated heterocycles. The highest BCUT2D eigenvalue weighted by atomic mass is 16.4. The van der Waals surface area contributed by atoms with Crippen molar-refractivity contribution in [1.29, 1.82) is 0 Å². The highest BCUT2D eigenvalue weighted by molar-refractivity contribution is 5.83. The van der Waals surface area contributed by atoms with Gasteiger partial charge in [0, 0.05) is 19.5 Å². The summed E-state index contributed by atoms with van der Waals surface area (Å²) in [6.45, 7) is 2.73. The van der Waals surface area contributed by atoms with Crippen LogP contribution in [0.4, 0.5) is 4.79 Å². The average molecular weight is 285 g/mol. The molecule has 20 heavy (non-hydrogen) atoms. The van der Waals surface area contributed by atoms with Crippen LogP contribution in [0.3, 0.4) is 0 Å². The van der Waals surface area contributed by atoms with E-state index in [1.54, 1.807) is 0 Å². The molecule has 0 aromatic heterocycles. The zero-order valence-corrected chi connectivity index (χ0v) is 11.8. The van der Waals surface area contributed by atoms with Gasteiger partial charge in [0.05, 0.1) is 6.10 Å². The SMILES string of the molecule is CN1CCC(CNC(=O)N2C[C@@H](O)C[C@H]2C(=O)O)CC1. The number of aliphatic hydroxyl groups excluding tert-OH is 1. The Bertz CT molecular complexity index is 369. The third-order valence-corrected chi connectivity index (χ3v) is 4.21. The lowest BCUT2D eigenvalue weighted by Crippen LogP contribution is -2.48. The van der Waals surface area contributed by atoms with Crippen molar-refractivity contribution in [2.75, 3.05) is 33.2 Å². The Hall–Kier alpha value is -1.34. The Morgan fingerprint density at radius 2 is 1.95 bits per heavy atom. The smallest absolute Gasteiger partial charge is 0.326 e. The molecule has 7 heteroatoms. The summed E-state index contributed by atoms with van der Waals surface area (Å²) >= 11 is 0. The van der Waals surface area contributed by atoms with Crippen LogP contribution in [0.1, 0.15) is 19.3 Å². The van der Waals surface area contributed by atoms with Gasteiger partial charge < -0.3 is 25.3 Å². The van der Waals surface area contributed by atoms with Gasteiger partial charge in [0.2, 0.25) is 0 Å². The molecule has 2 aliphatic rings. The number of hydrogen-bond acceptors (Lipinski definition) is 4. The Morgan fingerprint density at radius 1 is 1.30 bits per heavy atom. The Balaban J connectivity index is 1.80. The van der Waals surface area contributed by atoms with Crippen LogP contribution in [0, 0.1) is 5.92 Å². The fourth-order valence-corrected chi connectivity index (χ4v) is 2.87. The first-order chi connectivity index (χ1) is 9.47. The minimum absolute atomic E-state index is 0.0935. The third-order valence-electron chi connectivity index (χ3n) is 4.21. The summed E-state index contributed by atoms with van der Waals surface area (Å²) in [5.74, 6) is -0.609. The van der Waals surface area contributed by atoms with E-state index in [0.717, 1.165) is 25.9 Å². The van der Waals surface area contributed by atoms with Gasteiger partial charge in [0.25, 0.3) is 0 Å². The minimum atomic E-state index is -1.06. The summed E-state index contributed by atoms with van der Waals surface area (Å²) in [5, 5.41) is 21.4. The molecule has 2 rings (SSSR count). The van der Waals surface area contributed by atoms with Crippen molar-refractivity contribution in [3.63, 3.8) is 0 Å². The van der Waals surface area contributed by atoms with Crippen LogP contribution in [-0.4, -0.2) is 77.4 Å². The largest absolute Gasteiger partial charge is 0.480 e. The summed E-state index contributed by atoms with van der Waals surface area (Å²) in [5.41, 5.74) is 0. The van der Waals surface area contributed by atoms with Crippen LogP contribution >= 0.6 is 0 Å². The number of likely N-dealkylation sites (tertiary alicyclic amines) is 2. The maximum Gasteiger partial charge on any atom is 0.326 e. The van der Waals surface area contributed by atoms with E-state index in [2.05, 4.69) is 17.3 Å². The third kappa shape index (κ3) is 3.61. The Kier molecular flexibility index (Phi) is 4.82. The number of carboxylic acid groups (broad SMARTS) is 1. The fraction of sp³-hybridized carbons (Fsp3) is 0.846. The molecular formula is C13H23N3O4. The number of hydrogen-bond donors (Lipinski definition) is 3. The molecule has 2 aliphatic heterocycles. The lowest BCUT2D eigenvalue weighted by atomic mass is 9.97. The number of urea groups is 1. The van der Waals surface area contributed by atoms with Crippen LogP contribution in [0.15, 0.2) is 0 Å². The van der Waals surface area contributed by atoms with Crippen LogP contribution < -0.4 is 5.32 Å². The number of aliphatic hydroxyl groups is 1. The van der Waals surface area contributed by atoms with Crippen molar-refractivity contribution in [3.8, 4) is 0 Å². The maximum absolute atomic E-state index is 12.0. The number of nitrogens with one attached hydrogen (secondary N) is 1. The van der Waals surface area contributed by atoms with Crippen LogP contribution in [0.2, 0.25) is 0 Å². The fourth-order valence-electron chi connectivity index (χ4n) is 2.87. The summed E-state index contributed by atoms with van der Waals surface area (Å²) in [6, 6.07) is -1.30. The molecule has 2 amide bonds. The number of β-amino-alcohol motifs (C(OH)–C–C–N with tert-alkyl or cyclic N) is 1. The minimum Gasteiger partial charge on any atom is -0.480 e. The molecule has 0 bridgehead atoms. The predicted molar refractivity (Wildman–Crippen MR) is 72.4 cm³/mol. The number of carboxylic acids is 1. The molecule has 0 saturated carbocycles. The van der Waals surface area contributed by atoms with Crippen molar-refractivity contribution in [2.24, 2.45) is 5.92 Å². The highest BCUT2D eigenvalue weighted by Gasteiger charge is 2.39. The lowest BCUT2D eigenvalue weighted by Gasteiger charge is -2.30. The van der Waals surface area contributed by atoms with Crippen molar-refractivity contribution < 1.29 is 19.8 Å². The zero-order valence-electron chi connectivity index (χ0n) is 11.8. The summed E-state index contributed by atoms with van der Waals surface area (Å²) in [6.07, 6.45) is 1.45. The molecule has 0 aliphatic carbocycles. The van der Waals surface area contributed by atoms with E-state index in [1.165, 1.54) is 4.90 Å². The maximum atomic E-state index is 12.0. The van der Waals surface area contributed by atoms with E-state index in [1.807, 2.05) is 0 Å². The molecule has 3 N–H and O–H groups in total. The van der Waals surface area contributed by atoms with Gasteiger partial charge in [-0.15, -0.1) is 0 Å². The molecule has 0 aromatic rings. The number of amides is 2. The van der Waals surface area contributed by atoms with Crippen LogP contribution in [-0.2, 0) is 4.79 Å². The number of carbonyl (C=O) groups is 2. The van der Waals surface area contributed by atoms with Gasteiger partial charge in [-0.2, -0.15) is 0 Å². The first kappa shape index (κ1) is 15.1. The zero-order chi connectivity index (χ0) is 14.7. The van der Waals surface area contributed by atoms with E-state index < -0.39 is 18.1 Å². The van der Waals surface area contributed by atoms with Gasteiger partial charge in [0.1, 0.15) is 6.04 Å². The van der Waals surface area contributed by atoms with Crippen molar-refractivity contribution >= 4 is 12.0 Å². The van der Waals surface area contributed by atoms with Crippen molar-refractivity contribution in [1.82, 2.24) is 15.1 Å². The van der Waals surface area contributed by atoms with Crippen LogP contribution in [0.5, 0.6) is 0 Å². The van der Waals surface area contributed by atoms with Gasteiger partial charge in [-0.05, 0) is 38.9 Å². The van der Waals surface area contributed by atoms with E-state index in [9.17, 15) is 14.7 Å². The molecule has 2 fully saturated rings. The average Bonchev–Trinajstić information content (AvgIpc) is 2.80. The second-order valence-electron chi connectivity index (χ2n) is 5.83. The van der Waals surface area contributed by atoms with E-state index in [0.29, 0.717) is 12.5 Å². The standard InChI is InChI=1S/C13H23N3O4/c1-15-4-2-9(3-5-15)7-14-13(20)16-8-10(17)6-11(16)12(18)19/h9-11,17H,2-8H2,1H3,(H,14,20)(H,18,19)/t10-,11-/m0/s1. The topological polar surface area (TPSA) is 93.1 Å². The molecule has 2 heterocycles.